The summed E-state index contributed by atoms with van der Waals surface area (Å²) in [7, 11) is 0. The lowest BCUT2D eigenvalue weighted by Gasteiger charge is -2.33. The Kier molecular flexibility index (Phi) is 5.83. The molecule has 0 saturated carbocycles. The van der Waals surface area contributed by atoms with Gasteiger partial charge in [0.15, 0.2) is 16.7 Å². The molecule has 0 spiro atoms. The zero-order valence-corrected chi connectivity index (χ0v) is 16.2. The normalized spacial score (nSPS) is 18.2. The molecule has 1 aliphatic heterocycles. The number of carbonyl (C=O) groups is 1. The number of aromatic nitrogens is 2. The third-order valence-corrected chi connectivity index (χ3v) is 4.92. The van der Waals surface area contributed by atoms with Crippen molar-refractivity contribution in [3.05, 3.63) is 41.2 Å². The quantitative estimate of drug-likeness (QED) is 0.715. The number of rotatable bonds is 5. The molecule has 1 atom stereocenters. The van der Waals surface area contributed by atoms with Gasteiger partial charge in [-0.25, -0.2) is 4.39 Å². The molecule has 0 bridgehead atoms. The van der Waals surface area contributed by atoms with Gasteiger partial charge in [0.25, 0.3) is 0 Å². The molecule has 0 radical (unpaired) electrons. The van der Waals surface area contributed by atoms with Crippen LogP contribution in [0.4, 0.5) is 28.9 Å². The minimum atomic E-state index is -3.36. The van der Waals surface area contributed by atoms with Gasteiger partial charge in [-0.1, -0.05) is 25.4 Å². The Bertz CT molecular complexity index is 929. The molecule has 1 aromatic heterocycles. The predicted molar refractivity (Wildman–Crippen MR) is 98.2 cm³/mol. The first kappa shape index (κ1) is 21.1. The van der Waals surface area contributed by atoms with Gasteiger partial charge in [0, 0.05) is 12.6 Å². The molecule has 1 N–H and O–H groups in total. The summed E-state index contributed by atoms with van der Waals surface area (Å²) in [5, 5.41) is 9.93. The maximum Gasteiger partial charge on any atom is 0.387 e. The summed E-state index contributed by atoms with van der Waals surface area (Å²) >= 11 is 5.77. The molecule has 3 rings (SSSR count). The van der Waals surface area contributed by atoms with E-state index in [0.29, 0.717) is 6.42 Å². The average Bonchev–Trinajstić information content (AvgIpc) is 2.94. The van der Waals surface area contributed by atoms with Gasteiger partial charge < -0.3 is 15.0 Å². The van der Waals surface area contributed by atoms with Crippen molar-refractivity contribution in [3.8, 4) is 5.75 Å². The Hall–Kier alpha value is -2.62. The molecule has 6 nitrogen and oxygen atoms in total. The zero-order chi connectivity index (χ0) is 21.3. The summed E-state index contributed by atoms with van der Waals surface area (Å²) in [5.74, 6) is -4.31. The van der Waals surface area contributed by atoms with Crippen LogP contribution in [0.5, 0.6) is 5.75 Å². The van der Waals surface area contributed by atoms with Gasteiger partial charge in [0.1, 0.15) is 6.04 Å². The first-order valence-electron chi connectivity index (χ1n) is 8.58. The third-order valence-electron chi connectivity index (χ3n) is 4.74. The highest BCUT2D eigenvalue weighted by molar-refractivity contribution is 6.29. The molecule has 1 fully saturated rings. The fraction of sp³-hybridized carbons (Fsp3) is 0.389. The highest BCUT2D eigenvalue weighted by Crippen LogP contribution is 2.44. The summed E-state index contributed by atoms with van der Waals surface area (Å²) < 4.78 is 57.6. The number of carbonyl (C=O) groups excluding carboxylic acids is 1. The van der Waals surface area contributed by atoms with E-state index in [1.54, 1.807) is 0 Å². The zero-order valence-electron chi connectivity index (χ0n) is 15.4. The molecular weight excluding hydrogens is 416 g/mol. The van der Waals surface area contributed by atoms with Crippen molar-refractivity contribution in [1.29, 1.82) is 0 Å². The van der Waals surface area contributed by atoms with Crippen LogP contribution in [0.2, 0.25) is 5.15 Å². The van der Waals surface area contributed by atoms with Crippen LogP contribution in [0, 0.1) is 17.0 Å². The fourth-order valence-corrected chi connectivity index (χ4v) is 3.58. The lowest BCUT2D eigenvalue weighted by atomic mass is 9.84. The Morgan fingerprint density at radius 2 is 2.10 bits per heavy atom. The molecule has 11 heteroatoms. The number of nitrogens with zero attached hydrogens (tertiary/aromatic N) is 3. The van der Waals surface area contributed by atoms with Gasteiger partial charge in [0.05, 0.1) is 17.6 Å². The first-order chi connectivity index (χ1) is 13.6. The molecule has 1 unspecified atom stereocenters. The molecular formula is C18H17ClF4N4O2. The van der Waals surface area contributed by atoms with Crippen molar-refractivity contribution in [1.82, 2.24) is 10.2 Å². The van der Waals surface area contributed by atoms with Gasteiger partial charge in [-0.3, -0.25) is 4.79 Å². The van der Waals surface area contributed by atoms with E-state index in [0.717, 1.165) is 12.1 Å². The lowest BCUT2D eigenvalue weighted by molar-refractivity contribution is -0.119. The van der Waals surface area contributed by atoms with Gasteiger partial charge >= 0.3 is 6.61 Å². The molecule has 1 aliphatic rings. The van der Waals surface area contributed by atoms with Crippen LogP contribution in [0.3, 0.4) is 0 Å². The molecule has 156 valence electrons. The number of nitrogens with one attached hydrogen (secondary N) is 1. The second kappa shape index (κ2) is 8.02. The highest BCUT2D eigenvalue weighted by Gasteiger charge is 2.46. The molecule has 1 saturated heterocycles. The Morgan fingerprint density at radius 3 is 2.76 bits per heavy atom. The van der Waals surface area contributed by atoms with Gasteiger partial charge in [0.2, 0.25) is 11.7 Å². The molecule has 0 aliphatic carbocycles. The van der Waals surface area contributed by atoms with Crippen molar-refractivity contribution in [2.45, 2.75) is 32.9 Å². The fourth-order valence-electron chi connectivity index (χ4n) is 3.42. The monoisotopic (exact) mass is 432 g/mol. The molecule has 2 heterocycles. The summed E-state index contributed by atoms with van der Waals surface area (Å²) in [6.45, 7) is 0.494. The second-order valence-corrected chi connectivity index (χ2v) is 7.57. The smallest absolute Gasteiger partial charge is 0.387 e. The van der Waals surface area contributed by atoms with Crippen LogP contribution in [-0.2, 0) is 4.79 Å². The minimum absolute atomic E-state index is 0.0681. The van der Waals surface area contributed by atoms with Crippen LogP contribution < -0.4 is 15.0 Å². The topological polar surface area (TPSA) is 67.3 Å². The van der Waals surface area contributed by atoms with Crippen LogP contribution in [0.1, 0.15) is 20.3 Å². The predicted octanol–water partition coefficient (Wildman–Crippen LogP) is 4.25. The number of amides is 1. The Balaban J connectivity index is 1.98. The minimum Gasteiger partial charge on any atom is -0.429 e. The number of ether oxygens (including phenoxy) is 1. The van der Waals surface area contributed by atoms with E-state index in [4.69, 9.17) is 11.6 Å². The number of halogens is 5. The molecule has 1 amide bonds. The van der Waals surface area contributed by atoms with Crippen molar-refractivity contribution < 1.29 is 27.1 Å². The maximum absolute atomic E-state index is 14.2. The molecule has 2 aromatic rings. The lowest BCUT2D eigenvalue weighted by Crippen LogP contribution is -2.46. The Morgan fingerprint density at radius 1 is 1.38 bits per heavy atom. The SMILES string of the molecule is CC1(C)CCN(c2ccc(F)c(F)c2OC(F)F)C1C(=O)Nc1cnnc(Cl)c1. The standard InChI is InChI=1S/C18H17ClF4N4O2/c1-18(2)5-6-27(11-4-3-10(20)13(21)14(11)29-17(22)23)15(18)16(28)25-9-7-12(19)26-24-8-9/h3-4,7-8,15,17H,5-6H2,1-2H3,(H,25,26,28). The number of benzene rings is 1. The van der Waals surface area contributed by atoms with Crippen molar-refractivity contribution in [3.63, 3.8) is 0 Å². The second-order valence-electron chi connectivity index (χ2n) is 7.18. The number of hydrogen-bond donors (Lipinski definition) is 1. The van der Waals surface area contributed by atoms with E-state index in [-0.39, 0.29) is 23.1 Å². The largest absolute Gasteiger partial charge is 0.429 e. The van der Waals surface area contributed by atoms with E-state index in [1.165, 1.54) is 17.2 Å². The maximum atomic E-state index is 14.2. The van der Waals surface area contributed by atoms with Crippen LogP contribution in [-0.4, -0.2) is 35.3 Å². The van der Waals surface area contributed by atoms with Gasteiger partial charge in [-0.05, 0) is 24.0 Å². The average molecular weight is 433 g/mol. The van der Waals surface area contributed by atoms with Crippen LogP contribution >= 0.6 is 11.6 Å². The highest BCUT2D eigenvalue weighted by atomic mass is 35.5. The van der Waals surface area contributed by atoms with E-state index >= 15 is 0 Å². The van der Waals surface area contributed by atoms with Crippen LogP contribution in [0.25, 0.3) is 0 Å². The van der Waals surface area contributed by atoms with Crippen LogP contribution in [0.15, 0.2) is 24.4 Å². The number of alkyl halides is 2. The van der Waals surface area contributed by atoms with E-state index in [2.05, 4.69) is 20.3 Å². The summed E-state index contributed by atoms with van der Waals surface area (Å²) in [6, 6.07) is 2.42. The molecule has 29 heavy (non-hydrogen) atoms. The Labute approximate surface area is 168 Å². The van der Waals surface area contributed by atoms with Gasteiger partial charge in [-0.2, -0.15) is 18.3 Å². The summed E-state index contributed by atoms with van der Waals surface area (Å²) in [6.07, 6.45) is 1.78. The third kappa shape index (κ3) is 4.36. The van der Waals surface area contributed by atoms with E-state index in [9.17, 15) is 22.4 Å². The van der Waals surface area contributed by atoms with E-state index < -0.39 is 41.4 Å². The number of hydrogen-bond acceptors (Lipinski definition) is 5. The van der Waals surface area contributed by atoms with Crippen molar-refractivity contribution in [2.75, 3.05) is 16.8 Å². The molecule has 1 aromatic carbocycles. The number of anilines is 2. The summed E-state index contributed by atoms with van der Waals surface area (Å²) in [5.41, 5.74) is -0.464. The van der Waals surface area contributed by atoms with Gasteiger partial charge in [-0.15, -0.1) is 5.10 Å². The van der Waals surface area contributed by atoms with Crippen molar-refractivity contribution >= 4 is 28.9 Å². The summed E-state index contributed by atoms with van der Waals surface area (Å²) in [4.78, 5) is 14.4. The van der Waals surface area contributed by atoms with E-state index in [1.807, 2.05) is 13.8 Å². The first-order valence-corrected chi connectivity index (χ1v) is 8.96. The van der Waals surface area contributed by atoms with Crippen molar-refractivity contribution in [2.24, 2.45) is 5.41 Å².